The molecule has 0 aromatic heterocycles. The van der Waals surface area contributed by atoms with Crippen LogP contribution < -0.4 is 10.2 Å². The Morgan fingerprint density at radius 2 is 2.00 bits per heavy atom. The molecular formula is C17H26N2S. The summed E-state index contributed by atoms with van der Waals surface area (Å²) in [5.41, 5.74) is 1.38. The van der Waals surface area contributed by atoms with Crippen LogP contribution in [-0.2, 0) is 0 Å². The topological polar surface area (TPSA) is 15.3 Å². The van der Waals surface area contributed by atoms with Crippen LogP contribution in [0.3, 0.4) is 0 Å². The Morgan fingerprint density at radius 3 is 2.65 bits per heavy atom. The molecular weight excluding hydrogens is 264 g/mol. The van der Waals surface area contributed by atoms with E-state index in [1.54, 1.807) is 0 Å². The standard InChI is InChI=1S/C17H26N2S/c1-17(10-5-13-20-17)14-18-15-8-11-19(12-9-15)16-6-3-2-4-7-16/h2-4,6-7,15,18H,5,8-14H2,1H3. The van der Waals surface area contributed by atoms with E-state index in [2.05, 4.69) is 59.2 Å². The molecule has 1 aromatic rings. The number of hydrogen-bond donors (Lipinski definition) is 1. The molecule has 0 aliphatic carbocycles. The monoisotopic (exact) mass is 290 g/mol. The lowest BCUT2D eigenvalue weighted by molar-refractivity contribution is 0.393. The molecule has 2 aliphatic heterocycles. The molecule has 0 radical (unpaired) electrons. The van der Waals surface area contributed by atoms with Crippen molar-refractivity contribution in [3.05, 3.63) is 30.3 Å². The van der Waals surface area contributed by atoms with Gasteiger partial charge in [-0.05, 0) is 50.5 Å². The molecule has 3 heteroatoms. The van der Waals surface area contributed by atoms with Crippen LogP contribution >= 0.6 is 11.8 Å². The van der Waals surface area contributed by atoms with Crippen LogP contribution in [0.1, 0.15) is 32.6 Å². The molecule has 2 fully saturated rings. The maximum atomic E-state index is 3.83. The average molecular weight is 290 g/mol. The van der Waals surface area contributed by atoms with Gasteiger partial charge in [-0.1, -0.05) is 18.2 Å². The van der Waals surface area contributed by atoms with Crippen molar-refractivity contribution in [2.45, 2.75) is 43.4 Å². The average Bonchev–Trinajstić information content (AvgIpc) is 2.94. The molecule has 1 atom stereocenters. The lowest BCUT2D eigenvalue weighted by atomic mass is 10.0. The Hall–Kier alpha value is -0.670. The van der Waals surface area contributed by atoms with Crippen LogP contribution in [0.25, 0.3) is 0 Å². The fourth-order valence-electron chi connectivity index (χ4n) is 3.32. The van der Waals surface area contributed by atoms with Crippen LogP contribution in [0, 0.1) is 0 Å². The summed E-state index contributed by atoms with van der Waals surface area (Å²) in [4.78, 5) is 2.52. The number of benzene rings is 1. The van der Waals surface area contributed by atoms with Crippen LogP contribution in [0.15, 0.2) is 30.3 Å². The summed E-state index contributed by atoms with van der Waals surface area (Å²) in [5, 5.41) is 3.83. The first kappa shape index (κ1) is 14.3. The smallest absolute Gasteiger partial charge is 0.0366 e. The van der Waals surface area contributed by atoms with E-state index < -0.39 is 0 Å². The van der Waals surface area contributed by atoms with Crippen molar-refractivity contribution in [1.82, 2.24) is 5.32 Å². The molecule has 110 valence electrons. The number of rotatable bonds is 4. The number of thioether (sulfide) groups is 1. The normalized spacial score (nSPS) is 27.9. The third-order valence-corrected chi connectivity index (χ3v) is 6.22. The van der Waals surface area contributed by atoms with Gasteiger partial charge in [0.15, 0.2) is 0 Å². The SMILES string of the molecule is CC1(CNC2CCN(c3ccccc3)CC2)CCCS1. The molecule has 0 amide bonds. The Balaban J connectivity index is 1.44. The van der Waals surface area contributed by atoms with Gasteiger partial charge < -0.3 is 10.2 Å². The highest BCUT2D eigenvalue weighted by Crippen LogP contribution is 2.37. The summed E-state index contributed by atoms with van der Waals surface area (Å²) in [5.74, 6) is 1.35. The second-order valence-electron chi connectivity index (χ2n) is 6.38. The lowest BCUT2D eigenvalue weighted by Gasteiger charge is -2.35. The van der Waals surface area contributed by atoms with E-state index in [1.165, 1.54) is 56.8 Å². The summed E-state index contributed by atoms with van der Waals surface area (Å²) >= 11 is 2.16. The number of hydrogen-bond acceptors (Lipinski definition) is 3. The molecule has 2 aliphatic rings. The van der Waals surface area contributed by atoms with Crippen LogP contribution in [0.5, 0.6) is 0 Å². The van der Waals surface area contributed by atoms with Crippen LogP contribution in [-0.4, -0.2) is 36.2 Å². The first-order valence-electron chi connectivity index (χ1n) is 7.93. The summed E-state index contributed by atoms with van der Waals surface area (Å²) in [7, 11) is 0. The number of nitrogens with one attached hydrogen (secondary N) is 1. The molecule has 0 spiro atoms. The van der Waals surface area contributed by atoms with E-state index in [0.29, 0.717) is 10.8 Å². The molecule has 0 bridgehead atoms. The molecule has 1 unspecified atom stereocenters. The maximum Gasteiger partial charge on any atom is 0.0366 e. The van der Waals surface area contributed by atoms with Gasteiger partial charge in [-0.3, -0.25) is 0 Å². The zero-order chi connectivity index (χ0) is 13.8. The maximum absolute atomic E-state index is 3.83. The van der Waals surface area contributed by atoms with Crippen molar-refractivity contribution >= 4 is 17.4 Å². The van der Waals surface area contributed by atoms with Gasteiger partial charge in [-0.15, -0.1) is 0 Å². The highest BCUT2D eigenvalue weighted by atomic mass is 32.2. The van der Waals surface area contributed by atoms with E-state index in [9.17, 15) is 0 Å². The van der Waals surface area contributed by atoms with Crippen LogP contribution in [0.2, 0.25) is 0 Å². The Kier molecular flexibility index (Phi) is 4.57. The zero-order valence-electron chi connectivity index (χ0n) is 12.5. The van der Waals surface area contributed by atoms with E-state index in [-0.39, 0.29) is 0 Å². The molecule has 2 heterocycles. The number of piperidine rings is 1. The van der Waals surface area contributed by atoms with Gasteiger partial charge in [-0.25, -0.2) is 0 Å². The summed E-state index contributed by atoms with van der Waals surface area (Å²) in [6.07, 6.45) is 5.33. The highest BCUT2D eigenvalue weighted by molar-refractivity contribution is 8.00. The summed E-state index contributed by atoms with van der Waals surface area (Å²) in [6.45, 7) is 5.99. The predicted molar refractivity (Wildman–Crippen MR) is 89.8 cm³/mol. The van der Waals surface area contributed by atoms with Crippen molar-refractivity contribution in [3.8, 4) is 0 Å². The van der Waals surface area contributed by atoms with Crippen molar-refractivity contribution in [1.29, 1.82) is 0 Å². The van der Waals surface area contributed by atoms with Gasteiger partial charge >= 0.3 is 0 Å². The first-order chi connectivity index (χ1) is 9.75. The van der Waals surface area contributed by atoms with E-state index in [4.69, 9.17) is 0 Å². The molecule has 2 nitrogen and oxygen atoms in total. The van der Waals surface area contributed by atoms with Gasteiger partial charge in [0.1, 0.15) is 0 Å². The van der Waals surface area contributed by atoms with Crippen molar-refractivity contribution in [3.63, 3.8) is 0 Å². The third kappa shape index (κ3) is 3.50. The van der Waals surface area contributed by atoms with Crippen molar-refractivity contribution in [2.24, 2.45) is 0 Å². The van der Waals surface area contributed by atoms with E-state index in [1.807, 2.05) is 0 Å². The van der Waals surface area contributed by atoms with Gasteiger partial charge in [0.05, 0.1) is 0 Å². The van der Waals surface area contributed by atoms with Gasteiger partial charge in [-0.2, -0.15) is 11.8 Å². The van der Waals surface area contributed by atoms with Gasteiger partial charge in [0.25, 0.3) is 0 Å². The lowest BCUT2D eigenvalue weighted by Crippen LogP contribution is -2.46. The molecule has 2 saturated heterocycles. The van der Waals surface area contributed by atoms with Crippen molar-refractivity contribution in [2.75, 3.05) is 30.3 Å². The Bertz CT molecular complexity index is 406. The first-order valence-corrected chi connectivity index (χ1v) is 8.91. The quantitative estimate of drug-likeness (QED) is 0.913. The minimum absolute atomic E-state index is 0.497. The van der Waals surface area contributed by atoms with E-state index in [0.717, 1.165) is 0 Å². The number of para-hydroxylation sites is 1. The molecule has 20 heavy (non-hydrogen) atoms. The van der Waals surface area contributed by atoms with Crippen molar-refractivity contribution < 1.29 is 0 Å². The molecule has 0 saturated carbocycles. The second kappa shape index (κ2) is 6.40. The molecule has 1 N–H and O–H groups in total. The zero-order valence-corrected chi connectivity index (χ0v) is 13.3. The molecule has 3 rings (SSSR count). The Morgan fingerprint density at radius 1 is 1.25 bits per heavy atom. The van der Waals surface area contributed by atoms with Gasteiger partial charge in [0, 0.05) is 36.1 Å². The summed E-state index contributed by atoms with van der Waals surface area (Å²) < 4.78 is 0.497. The van der Waals surface area contributed by atoms with Crippen LogP contribution in [0.4, 0.5) is 5.69 Å². The number of nitrogens with zero attached hydrogens (tertiary/aromatic N) is 1. The Labute approximate surface area is 127 Å². The van der Waals surface area contributed by atoms with E-state index >= 15 is 0 Å². The van der Waals surface area contributed by atoms with Gasteiger partial charge in [0.2, 0.25) is 0 Å². The molecule has 1 aromatic carbocycles. The summed E-state index contributed by atoms with van der Waals surface area (Å²) in [6, 6.07) is 11.5. The fraction of sp³-hybridized carbons (Fsp3) is 0.647. The largest absolute Gasteiger partial charge is 0.371 e. The third-order valence-electron chi connectivity index (χ3n) is 4.68. The highest BCUT2D eigenvalue weighted by Gasteiger charge is 2.30. The minimum atomic E-state index is 0.497. The predicted octanol–water partition coefficient (Wildman–Crippen LogP) is 3.53. The minimum Gasteiger partial charge on any atom is -0.371 e. The second-order valence-corrected chi connectivity index (χ2v) is 8.06. The fourth-order valence-corrected chi connectivity index (χ4v) is 4.57. The number of anilines is 1.